The van der Waals surface area contributed by atoms with Gasteiger partial charge in [0.15, 0.2) is 6.61 Å². The average Bonchev–Trinajstić information content (AvgIpc) is 2.59. The van der Waals surface area contributed by atoms with Crippen LogP contribution in [0.5, 0.6) is 0 Å². The number of amides is 2. The Labute approximate surface area is 143 Å². The van der Waals surface area contributed by atoms with E-state index in [1.165, 1.54) is 11.0 Å². The minimum absolute atomic E-state index is 0.104. The molecular formula is C16H19FN2O4S. The van der Waals surface area contributed by atoms with Crippen molar-refractivity contribution in [2.45, 2.75) is 30.2 Å². The fourth-order valence-electron chi connectivity index (χ4n) is 2.49. The van der Waals surface area contributed by atoms with Crippen molar-refractivity contribution >= 4 is 29.5 Å². The number of nitrogens with zero attached hydrogens (tertiary/aromatic N) is 1. The Hall–Kier alpha value is -2.09. The molecule has 1 fully saturated rings. The highest BCUT2D eigenvalue weighted by atomic mass is 32.2. The molecule has 0 spiro atoms. The quantitative estimate of drug-likeness (QED) is 0.615. The van der Waals surface area contributed by atoms with Crippen LogP contribution in [0.1, 0.15) is 19.3 Å². The molecule has 1 aliphatic heterocycles. The number of rotatable bonds is 6. The predicted octanol–water partition coefficient (Wildman–Crippen LogP) is 1.33. The average molecular weight is 354 g/mol. The van der Waals surface area contributed by atoms with Gasteiger partial charge in [0.2, 0.25) is 5.91 Å². The molecule has 0 aromatic heterocycles. The highest BCUT2D eigenvalue weighted by molar-refractivity contribution is 8.00. The summed E-state index contributed by atoms with van der Waals surface area (Å²) in [4.78, 5) is 36.9. The Morgan fingerprint density at radius 1 is 1.29 bits per heavy atom. The van der Waals surface area contributed by atoms with Gasteiger partial charge in [-0.05, 0) is 31.4 Å². The minimum atomic E-state index is -0.641. The molecule has 0 bridgehead atoms. The fourth-order valence-corrected chi connectivity index (χ4v) is 3.23. The number of ether oxygens (including phenoxy) is 1. The van der Waals surface area contributed by atoms with E-state index >= 15 is 0 Å². The monoisotopic (exact) mass is 354 g/mol. The van der Waals surface area contributed by atoms with Crippen LogP contribution in [0.3, 0.4) is 0 Å². The van der Waals surface area contributed by atoms with E-state index < -0.39 is 36.2 Å². The second kappa shape index (κ2) is 8.68. The highest BCUT2D eigenvalue weighted by Gasteiger charge is 2.30. The van der Waals surface area contributed by atoms with Crippen molar-refractivity contribution in [3.8, 4) is 0 Å². The van der Waals surface area contributed by atoms with Crippen LogP contribution in [0.4, 0.5) is 4.39 Å². The Balaban J connectivity index is 1.79. The third-order valence-corrected chi connectivity index (χ3v) is 4.71. The summed E-state index contributed by atoms with van der Waals surface area (Å²) >= 11 is 0.999. The number of benzene rings is 1. The van der Waals surface area contributed by atoms with Gasteiger partial charge in [0, 0.05) is 11.4 Å². The molecule has 2 N–H and O–H groups in total. The third kappa shape index (κ3) is 4.95. The Morgan fingerprint density at radius 3 is 2.75 bits per heavy atom. The van der Waals surface area contributed by atoms with Crippen molar-refractivity contribution in [3.63, 3.8) is 0 Å². The lowest BCUT2D eigenvalue weighted by Gasteiger charge is -2.33. The van der Waals surface area contributed by atoms with Gasteiger partial charge in [-0.2, -0.15) is 0 Å². The number of hydrogen-bond donors (Lipinski definition) is 1. The van der Waals surface area contributed by atoms with Gasteiger partial charge in [-0.15, -0.1) is 11.8 Å². The number of carbonyl (C=O) groups excluding carboxylic acids is 3. The molecule has 24 heavy (non-hydrogen) atoms. The van der Waals surface area contributed by atoms with Crippen LogP contribution in [-0.4, -0.2) is 47.6 Å². The number of thioether (sulfide) groups is 1. The van der Waals surface area contributed by atoms with Gasteiger partial charge in [0.05, 0.1) is 5.75 Å². The number of piperidine rings is 1. The number of esters is 1. The van der Waals surface area contributed by atoms with Crippen LogP contribution in [-0.2, 0) is 19.1 Å². The molecule has 8 heteroatoms. The van der Waals surface area contributed by atoms with E-state index in [-0.39, 0.29) is 5.75 Å². The smallest absolute Gasteiger partial charge is 0.316 e. The Morgan fingerprint density at radius 2 is 2.04 bits per heavy atom. The summed E-state index contributed by atoms with van der Waals surface area (Å²) in [7, 11) is 0. The molecule has 6 nitrogen and oxygen atoms in total. The molecule has 1 saturated heterocycles. The molecule has 0 saturated carbocycles. The van der Waals surface area contributed by atoms with Crippen molar-refractivity contribution in [2.75, 3.05) is 18.9 Å². The molecule has 1 aromatic rings. The summed E-state index contributed by atoms with van der Waals surface area (Å²) in [6.45, 7) is -0.0194. The van der Waals surface area contributed by atoms with E-state index in [4.69, 9.17) is 10.5 Å². The molecule has 1 atom stereocenters. The molecule has 1 aromatic carbocycles. The first-order valence-corrected chi connectivity index (χ1v) is 8.59. The fraction of sp³-hybridized carbons (Fsp3) is 0.438. The minimum Gasteiger partial charge on any atom is -0.455 e. The first-order chi connectivity index (χ1) is 11.5. The standard InChI is InChI=1S/C16H19FN2O4S/c17-11-5-1-2-7-13(11)24-10-15(21)23-9-14(20)19-8-4-3-6-12(19)16(18)22/h1-2,5,7,12H,3-4,6,8-10H2,(H2,18,22)/t12-/m1/s1. The zero-order valence-electron chi connectivity index (χ0n) is 13.1. The topological polar surface area (TPSA) is 89.7 Å². The second-order valence-corrected chi connectivity index (χ2v) is 6.40. The van der Waals surface area contributed by atoms with Crippen LogP contribution in [0.25, 0.3) is 0 Å². The van der Waals surface area contributed by atoms with Gasteiger partial charge in [0.25, 0.3) is 5.91 Å². The molecule has 130 valence electrons. The summed E-state index contributed by atoms with van der Waals surface area (Å²) in [5.74, 6) is -2.13. The van der Waals surface area contributed by atoms with Crippen molar-refractivity contribution in [2.24, 2.45) is 5.73 Å². The van der Waals surface area contributed by atoms with E-state index in [9.17, 15) is 18.8 Å². The van der Waals surface area contributed by atoms with E-state index in [1.807, 2.05) is 0 Å². The summed E-state index contributed by atoms with van der Waals surface area (Å²) in [5, 5.41) is 0. The van der Waals surface area contributed by atoms with Gasteiger partial charge >= 0.3 is 5.97 Å². The molecule has 0 radical (unpaired) electrons. The van der Waals surface area contributed by atoms with E-state index in [0.29, 0.717) is 17.9 Å². The van der Waals surface area contributed by atoms with Gasteiger partial charge in [-0.25, -0.2) is 4.39 Å². The van der Waals surface area contributed by atoms with Crippen molar-refractivity contribution < 1.29 is 23.5 Å². The lowest BCUT2D eigenvalue weighted by molar-refractivity contribution is -0.153. The summed E-state index contributed by atoms with van der Waals surface area (Å²) < 4.78 is 18.4. The number of carbonyl (C=O) groups is 3. The van der Waals surface area contributed by atoms with Crippen LogP contribution in [0, 0.1) is 5.82 Å². The first kappa shape index (κ1) is 18.3. The van der Waals surface area contributed by atoms with Crippen LogP contribution >= 0.6 is 11.8 Å². The number of halogens is 1. The highest BCUT2D eigenvalue weighted by Crippen LogP contribution is 2.21. The molecule has 0 unspecified atom stereocenters. The summed E-state index contributed by atoms with van der Waals surface area (Å²) in [6, 6.07) is 5.45. The van der Waals surface area contributed by atoms with E-state index in [0.717, 1.165) is 24.6 Å². The van der Waals surface area contributed by atoms with Crippen molar-refractivity contribution in [1.29, 1.82) is 0 Å². The summed E-state index contributed by atoms with van der Waals surface area (Å²) in [5.41, 5.74) is 5.30. The predicted molar refractivity (Wildman–Crippen MR) is 86.6 cm³/mol. The first-order valence-electron chi connectivity index (χ1n) is 7.61. The molecule has 0 aliphatic carbocycles. The molecule has 1 aliphatic rings. The number of likely N-dealkylation sites (tertiary alicyclic amines) is 1. The van der Waals surface area contributed by atoms with Crippen LogP contribution in [0.15, 0.2) is 29.2 Å². The lowest BCUT2D eigenvalue weighted by atomic mass is 10.0. The van der Waals surface area contributed by atoms with Crippen LogP contribution in [0.2, 0.25) is 0 Å². The number of primary amides is 1. The van der Waals surface area contributed by atoms with Crippen molar-refractivity contribution in [3.05, 3.63) is 30.1 Å². The molecule has 2 rings (SSSR count). The zero-order chi connectivity index (χ0) is 17.5. The number of hydrogen-bond acceptors (Lipinski definition) is 5. The van der Waals surface area contributed by atoms with Crippen molar-refractivity contribution in [1.82, 2.24) is 4.90 Å². The largest absolute Gasteiger partial charge is 0.455 e. The summed E-state index contributed by atoms with van der Waals surface area (Å²) in [6.07, 6.45) is 2.14. The third-order valence-electron chi connectivity index (χ3n) is 3.69. The number of nitrogens with two attached hydrogens (primary N) is 1. The Kier molecular flexibility index (Phi) is 6.60. The van der Waals surface area contributed by atoms with E-state index in [2.05, 4.69) is 0 Å². The molecule has 2 amide bonds. The van der Waals surface area contributed by atoms with Crippen LogP contribution < -0.4 is 5.73 Å². The maximum absolute atomic E-state index is 13.4. The zero-order valence-corrected chi connectivity index (χ0v) is 13.9. The SMILES string of the molecule is NC(=O)[C@H]1CCCCN1C(=O)COC(=O)CSc1ccccc1F. The maximum Gasteiger partial charge on any atom is 0.316 e. The normalized spacial score (nSPS) is 17.4. The van der Waals surface area contributed by atoms with Gasteiger partial charge in [-0.1, -0.05) is 12.1 Å². The van der Waals surface area contributed by atoms with Gasteiger partial charge in [-0.3, -0.25) is 14.4 Å². The van der Waals surface area contributed by atoms with E-state index in [1.54, 1.807) is 18.2 Å². The lowest BCUT2D eigenvalue weighted by Crippen LogP contribution is -2.51. The van der Waals surface area contributed by atoms with Gasteiger partial charge < -0.3 is 15.4 Å². The Bertz CT molecular complexity index is 626. The second-order valence-electron chi connectivity index (χ2n) is 5.38. The molecule has 1 heterocycles. The maximum atomic E-state index is 13.4. The van der Waals surface area contributed by atoms with Gasteiger partial charge in [0.1, 0.15) is 11.9 Å². The molecular weight excluding hydrogens is 335 g/mol.